The number of piperazine rings is 1. The molecule has 4 rings (SSSR count). The third-order valence-corrected chi connectivity index (χ3v) is 5.88. The molecule has 0 aliphatic carbocycles. The van der Waals surface area contributed by atoms with Gasteiger partial charge in [0.1, 0.15) is 12.4 Å². The van der Waals surface area contributed by atoms with Gasteiger partial charge in [0, 0.05) is 50.7 Å². The summed E-state index contributed by atoms with van der Waals surface area (Å²) in [6.07, 6.45) is 4.41. The highest BCUT2D eigenvalue weighted by atomic mass is 16.5. The highest BCUT2D eigenvalue weighted by Gasteiger charge is 2.18. The Morgan fingerprint density at radius 3 is 2.51 bits per heavy atom. The van der Waals surface area contributed by atoms with Gasteiger partial charge in [0.15, 0.2) is 0 Å². The molecule has 182 valence electrons. The van der Waals surface area contributed by atoms with E-state index in [0.29, 0.717) is 23.4 Å². The minimum absolute atomic E-state index is 0.115. The molecule has 35 heavy (non-hydrogen) atoms. The first kappa shape index (κ1) is 24.2. The van der Waals surface area contributed by atoms with Crippen LogP contribution in [0.3, 0.4) is 0 Å². The van der Waals surface area contributed by atoms with Crippen LogP contribution in [0.1, 0.15) is 32.7 Å². The fourth-order valence-electron chi connectivity index (χ4n) is 3.99. The average molecular weight is 475 g/mol. The summed E-state index contributed by atoms with van der Waals surface area (Å²) in [5.74, 6) is 0.548. The van der Waals surface area contributed by atoms with E-state index in [1.807, 2.05) is 18.2 Å². The van der Waals surface area contributed by atoms with Gasteiger partial charge < -0.3 is 20.7 Å². The highest BCUT2D eigenvalue weighted by Crippen LogP contribution is 2.19. The molecule has 1 aromatic heterocycles. The third kappa shape index (κ3) is 6.77. The summed E-state index contributed by atoms with van der Waals surface area (Å²) in [5.41, 5.74) is 7.14. The molecule has 3 N–H and O–H groups in total. The van der Waals surface area contributed by atoms with E-state index in [0.717, 1.165) is 50.7 Å². The van der Waals surface area contributed by atoms with Gasteiger partial charge in [-0.2, -0.15) is 0 Å². The van der Waals surface area contributed by atoms with Gasteiger partial charge in [-0.15, -0.1) is 0 Å². The van der Waals surface area contributed by atoms with Gasteiger partial charge in [0.25, 0.3) is 11.8 Å². The maximum absolute atomic E-state index is 12.6. The second kappa shape index (κ2) is 11.9. The highest BCUT2D eigenvalue weighted by molar-refractivity contribution is 5.95. The van der Waals surface area contributed by atoms with Gasteiger partial charge in [0.2, 0.25) is 5.95 Å². The van der Waals surface area contributed by atoms with E-state index in [9.17, 15) is 9.59 Å². The molecule has 2 amide bonds. The number of carbonyl (C=O) groups excluding carboxylic acids is 2. The number of ether oxygens (including phenoxy) is 1. The summed E-state index contributed by atoms with van der Waals surface area (Å²) in [4.78, 5) is 37.4. The number of para-hydroxylation sites is 1. The first-order valence-electron chi connectivity index (χ1n) is 11.7. The Morgan fingerprint density at radius 2 is 1.74 bits per heavy atom. The van der Waals surface area contributed by atoms with Gasteiger partial charge >= 0.3 is 0 Å². The Kier molecular flexibility index (Phi) is 8.24. The molecule has 0 atom stereocenters. The smallest absolute Gasteiger partial charge is 0.252 e. The van der Waals surface area contributed by atoms with Gasteiger partial charge in [0.05, 0.1) is 5.56 Å². The van der Waals surface area contributed by atoms with Crippen molar-refractivity contribution in [1.29, 1.82) is 0 Å². The zero-order chi connectivity index (χ0) is 24.5. The van der Waals surface area contributed by atoms with Gasteiger partial charge in [-0.1, -0.05) is 24.3 Å². The molecule has 3 aromatic rings. The number of amides is 2. The lowest BCUT2D eigenvalue weighted by Gasteiger charge is -2.34. The minimum atomic E-state index is -0.541. The second-order valence-electron chi connectivity index (χ2n) is 8.34. The summed E-state index contributed by atoms with van der Waals surface area (Å²) in [7, 11) is 0. The van der Waals surface area contributed by atoms with Gasteiger partial charge in [-0.05, 0) is 48.9 Å². The lowest BCUT2D eigenvalue weighted by atomic mass is 10.1. The van der Waals surface area contributed by atoms with E-state index < -0.39 is 5.91 Å². The number of primary amides is 1. The van der Waals surface area contributed by atoms with Crippen LogP contribution in [0, 0.1) is 0 Å². The van der Waals surface area contributed by atoms with E-state index in [1.165, 1.54) is 0 Å². The summed E-state index contributed by atoms with van der Waals surface area (Å²) in [6, 6.07) is 15.9. The van der Waals surface area contributed by atoms with Crippen LogP contribution >= 0.6 is 0 Å². The number of nitrogens with two attached hydrogens (primary N) is 1. The molecular formula is C26H30N6O3. The molecule has 1 aliphatic rings. The van der Waals surface area contributed by atoms with Gasteiger partial charge in [-0.25, -0.2) is 9.97 Å². The van der Waals surface area contributed by atoms with Crippen molar-refractivity contribution in [3.8, 4) is 5.75 Å². The Labute approximate surface area is 204 Å². The molecule has 2 aromatic carbocycles. The molecule has 1 aliphatic heterocycles. The molecule has 1 saturated heterocycles. The number of nitrogens with one attached hydrogen (secondary N) is 1. The largest absolute Gasteiger partial charge is 0.488 e. The predicted molar refractivity (Wildman–Crippen MR) is 133 cm³/mol. The Bertz CT molecular complexity index is 1130. The number of rotatable bonds is 10. The molecule has 0 radical (unpaired) electrons. The van der Waals surface area contributed by atoms with Crippen molar-refractivity contribution in [3.63, 3.8) is 0 Å². The minimum Gasteiger partial charge on any atom is -0.488 e. The van der Waals surface area contributed by atoms with Crippen LogP contribution < -0.4 is 20.7 Å². The molecule has 2 heterocycles. The molecular weight excluding hydrogens is 444 g/mol. The van der Waals surface area contributed by atoms with Crippen molar-refractivity contribution in [1.82, 2.24) is 20.2 Å². The predicted octanol–water partition coefficient (Wildman–Crippen LogP) is 2.10. The number of benzene rings is 2. The lowest BCUT2D eigenvalue weighted by Crippen LogP contribution is -2.47. The van der Waals surface area contributed by atoms with Crippen molar-refractivity contribution in [2.75, 3.05) is 44.2 Å². The Morgan fingerprint density at radius 1 is 0.971 bits per heavy atom. The molecule has 0 unspecified atom stereocenters. The first-order valence-corrected chi connectivity index (χ1v) is 11.7. The standard InChI is InChI=1S/C26H30N6O3/c27-24(33)22-8-1-2-9-23(22)35-19-20-6-3-7-21(18-20)25(34)28-12-5-13-31-14-16-32(17-15-31)26-29-10-4-11-30-26/h1-4,6-11,18H,5,12-17,19H2,(H2,27,33)(H,28,34). The van der Waals surface area contributed by atoms with Crippen LogP contribution in [0.15, 0.2) is 67.0 Å². The molecule has 9 nitrogen and oxygen atoms in total. The van der Waals surface area contributed by atoms with Crippen molar-refractivity contribution in [2.24, 2.45) is 5.73 Å². The fourth-order valence-corrected chi connectivity index (χ4v) is 3.99. The monoisotopic (exact) mass is 474 g/mol. The van der Waals surface area contributed by atoms with E-state index in [4.69, 9.17) is 10.5 Å². The van der Waals surface area contributed by atoms with E-state index >= 15 is 0 Å². The van der Waals surface area contributed by atoms with Crippen LogP contribution in [0.4, 0.5) is 5.95 Å². The lowest BCUT2D eigenvalue weighted by molar-refractivity contribution is 0.0950. The maximum atomic E-state index is 12.6. The topological polar surface area (TPSA) is 114 Å². The second-order valence-corrected chi connectivity index (χ2v) is 8.34. The molecule has 0 saturated carbocycles. The van der Waals surface area contributed by atoms with Gasteiger partial charge in [-0.3, -0.25) is 14.5 Å². The number of anilines is 1. The number of hydrogen-bond acceptors (Lipinski definition) is 7. The quantitative estimate of drug-likeness (QED) is 0.433. The van der Waals surface area contributed by atoms with E-state index in [2.05, 4.69) is 25.1 Å². The summed E-state index contributed by atoms with van der Waals surface area (Å²) in [6.45, 7) is 5.46. The maximum Gasteiger partial charge on any atom is 0.252 e. The van der Waals surface area contributed by atoms with Crippen molar-refractivity contribution < 1.29 is 14.3 Å². The molecule has 0 bridgehead atoms. The summed E-state index contributed by atoms with van der Waals surface area (Å²) in [5, 5.41) is 3.00. The van der Waals surface area contributed by atoms with Crippen molar-refractivity contribution in [3.05, 3.63) is 83.7 Å². The fraction of sp³-hybridized carbons (Fsp3) is 0.308. The summed E-state index contributed by atoms with van der Waals surface area (Å²) >= 11 is 0. The number of carbonyl (C=O) groups is 2. The third-order valence-electron chi connectivity index (χ3n) is 5.88. The van der Waals surface area contributed by atoms with Crippen molar-refractivity contribution >= 4 is 17.8 Å². The Balaban J connectivity index is 1.19. The number of aromatic nitrogens is 2. The van der Waals surface area contributed by atoms with Crippen LogP contribution in [0.2, 0.25) is 0 Å². The first-order chi connectivity index (χ1) is 17.1. The van der Waals surface area contributed by atoms with Crippen LogP contribution in [-0.2, 0) is 6.61 Å². The zero-order valence-corrected chi connectivity index (χ0v) is 19.6. The van der Waals surface area contributed by atoms with Crippen LogP contribution in [-0.4, -0.2) is 66.0 Å². The normalized spacial score (nSPS) is 13.9. The van der Waals surface area contributed by atoms with Crippen LogP contribution in [0.25, 0.3) is 0 Å². The van der Waals surface area contributed by atoms with E-state index in [1.54, 1.807) is 48.8 Å². The molecule has 1 fully saturated rings. The number of nitrogens with zero attached hydrogens (tertiary/aromatic N) is 4. The molecule has 9 heteroatoms. The molecule has 0 spiro atoms. The average Bonchev–Trinajstić information content (AvgIpc) is 2.91. The SMILES string of the molecule is NC(=O)c1ccccc1OCc1cccc(C(=O)NCCCN2CCN(c3ncccn3)CC2)c1. The zero-order valence-electron chi connectivity index (χ0n) is 19.6. The Hall–Kier alpha value is -3.98. The summed E-state index contributed by atoms with van der Waals surface area (Å²) < 4.78 is 5.77. The van der Waals surface area contributed by atoms with Crippen molar-refractivity contribution in [2.45, 2.75) is 13.0 Å². The number of hydrogen-bond donors (Lipinski definition) is 2. The van der Waals surface area contributed by atoms with Crippen LogP contribution in [0.5, 0.6) is 5.75 Å². The van der Waals surface area contributed by atoms with E-state index in [-0.39, 0.29) is 12.5 Å².